The van der Waals surface area contributed by atoms with E-state index in [1.807, 2.05) is 0 Å². The van der Waals surface area contributed by atoms with Crippen LogP contribution >= 0.6 is 0 Å². The van der Waals surface area contributed by atoms with Crippen LogP contribution < -0.4 is 14.2 Å². The molecule has 172 valence electrons. The van der Waals surface area contributed by atoms with Gasteiger partial charge >= 0.3 is 5.97 Å². The van der Waals surface area contributed by atoms with Gasteiger partial charge in [-0.2, -0.15) is 0 Å². The molecule has 1 saturated carbocycles. The summed E-state index contributed by atoms with van der Waals surface area (Å²) in [4.78, 5) is 15.5. The summed E-state index contributed by atoms with van der Waals surface area (Å²) in [5.41, 5.74) is 0.425. The molecule has 0 radical (unpaired) electrons. The number of hydrogen-bond donors (Lipinski definition) is 0. The number of hydrogen-bond acceptors (Lipinski definition) is 6. The van der Waals surface area contributed by atoms with Crippen LogP contribution in [0.3, 0.4) is 0 Å². The van der Waals surface area contributed by atoms with Crippen LogP contribution in [0.15, 0.2) is 12.1 Å². The fourth-order valence-corrected chi connectivity index (χ4v) is 6.07. The lowest BCUT2D eigenvalue weighted by Crippen LogP contribution is -2.42. The third-order valence-electron chi connectivity index (χ3n) is 7.69. The molecule has 3 aliphatic rings. The largest absolute Gasteiger partial charge is 0.493 e. The van der Waals surface area contributed by atoms with Crippen molar-refractivity contribution in [2.75, 3.05) is 41.0 Å². The second-order valence-electron chi connectivity index (χ2n) is 9.37. The van der Waals surface area contributed by atoms with Crippen LogP contribution in [-0.2, 0) is 4.74 Å². The van der Waals surface area contributed by atoms with Gasteiger partial charge in [0.1, 0.15) is 0 Å². The van der Waals surface area contributed by atoms with Gasteiger partial charge in [0.15, 0.2) is 11.5 Å². The molecular weight excluding hydrogens is 394 g/mol. The van der Waals surface area contributed by atoms with Gasteiger partial charge in [0.2, 0.25) is 5.75 Å². The first-order chi connectivity index (χ1) is 15.1. The Hall–Kier alpha value is -1.95. The Morgan fingerprint density at radius 3 is 2.29 bits per heavy atom. The van der Waals surface area contributed by atoms with Crippen LogP contribution in [-0.4, -0.2) is 57.9 Å². The normalized spacial score (nSPS) is 26.9. The molecular formula is C25H37NO5. The van der Waals surface area contributed by atoms with Crippen molar-refractivity contribution in [3.63, 3.8) is 0 Å². The van der Waals surface area contributed by atoms with Gasteiger partial charge < -0.3 is 18.9 Å². The minimum absolute atomic E-state index is 0.335. The van der Waals surface area contributed by atoms with Crippen molar-refractivity contribution in [3.8, 4) is 17.2 Å². The first kappa shape index (κ1) is 22.3. The predicted octanol–water partition coefficient (Wildman–Crippen LogP) is 4.55. The minimum atomic E-state index is -0.335. The van der Waals surface area contributed by atoms with Crippen molar-refractivity contribution in [1.82, 2.24) is 4.90 Å². The number of rotatable bonds is 7. The number of piperidine rings is 1. The lowest BCUT2D eigenvalue weighted by atomic mass is 9.78. The van der Waals surface area contributed by atoms with Crippen molar-refractivity contribution in [1.29, 1.82) is 0 Å². The Balaban J connectivity index is 1.39. The zero-order valence-corrected chi connectivity index (χ0v) is 19.2. The maximum Gasteiger partial charge on any atom is 0.338 e. The highest BCUT2D eigenvalue weighted by atomic mass is 16.5. The highest BCUT2D eigenvalue weighted by Gasteiger charge is 2.42. The van der Waals surface area contributed by atoms with Crippen molar-refractivity contribution in [2.24, 2.45) is 17.8 Å². The number of carbonyl (C=O) groups is 1. The van der Waals surface area contributed by atoms with Crippen LogP contribution in [0.5, 0.6) is 17.2 Å². The van der Waals surface area contributed by atoms with Crippen LogP contribution in [0.1, 0.15) is 61.7 Å². The van der Waals surface area contributed by atoms with Crippen molar-refractivity contribution in [2.45, 2.75) is 57.4 Å². The summed E-state index contributed by atoms with van der Waals surface area (Å²) in [5, 5.41) is 0. The third-order valence-corrected chi connectivity index (χ3v) is 7.69. The Morgan fingerprint density at radius 2 is 1.65 bits per heavy atom. The predicted molar refractivity (Wildman–Crippen MR) is 119 cm³/mol. The van der Waals surface area contributed by atoms with Gasteiger partial charge in [-0.25, -0.2) is 4.79 Å². The molecule has 0 amide bonds. The number of ether oxygens (including phenoxy) is 4. The average molecular weight is 432 g/mol. The molecule has 0 N–H and O–H groups in total. The van der Waals surface area contributed by atoms with E-state index in [1.165, 1.54) is 58.0 Å². The first-order valence-electron chi connectivity index (χ1n) is 11.9. The van der Waals surface area contributed by atoms with E-state index >= 15 is 0 Å². The van der Waals surface area contributed by atoms with Crippen LogP contribution in [0.2, 0.25) is 0 Å². The fraction of sp³-hybridized carbons (Fsp3) is 0.720. The van der Waals surface area contributed by atoms with Gasteiger partial charge in [0.05, 0.1) is 33.5 Å². The summed E-state index contributed by atoms with van der Waals surface area (Å²) < 4.78 is 21.9. The Labute approximate surface area is 186 Å². The minimum Gasteiger partial charge on any atom is -0.493 e. The fourth-order valence-electron chi connectivity index (χ4n) is 6.07. The molecule has 1 aromatic carbocycles. The molecule has 3 unspecified atom stereocenters. The average Bonchev–Trinajstić information content (AvgIpc) is 3.27. The van der Waals surface area contributed by atoms with Crippen molar-refractivity contribution in [3.05, 3.63) is 17.7 Å². The highest BCUT2D eigenvalue weighted by Crippen LogP contribution is 2.42. The third kappa shape index (κ3) is 4.79. The summed E-state index contributed by atoms with van der Waals surface area (Å²) in [6, 6.07) is 3.88. The summed E-state index contributed by atoms with van der Waals surface area (Å²) in [5.74, 6) is 3.22. The van der Waals surface area contributed by atoms with Crippen LogP contribution in [0.4, 0.5) is 0 Å². The molecule has 2 saturated heterocycles. The van der Waals surface area contributed by atoms with Gasteiger partial charge in [-0.15, -0.1) is 0 Å². The molecule has 4 rings (SSSR count). The summed E-state index contributed by atoms with van der Waals surface area (Å²) in [6.45, 7) is 2.92. The van der Waals surface area contributed by atoms with Crippen LogP contribution in [0.25, 0.3) is 0 Å². The van der Waals surface area contributed by atoms with Crippen LogP contribution in [0, 0.1) is 17.8 Å². The van der Waals surface area contributed by atoms with Gasteiger partial charge in [0.25, 0.3) is 0 Å². The molecule has 31 heavy (non-hydrogen) atoms. The molecule has 1 aliphatic carbocycles. The van der Waals surface area contributed by atoms with Gasteiger partial charge in [-0.3, -0.25) is 4.90 Å². The number of nitrogens with zero attached hydrogens (tertiary/aromatic N) is 1. The molecule has 0 spiro atoms. The second-order valence-corrected chi connectivity index (χ2v) is 9.37. The number of esters is 1. The zero-order valence-electron chi connectivity index (χ0n) is 19.2. The maximum absolute atomic E-state index is 12.8. The van der Waals surface area contributed by atoms with Crippen molar-refractivity contribution < 1.29 is 23.7 Å². The molecule has 0 aromatic heterocycles. The van der Waals surface area contributed by atoms with E-state index in [-0.39, 0.29) is 5.97 Å². The van der Waals surface area contributed by atoms with E-state index < -0.39 is 0 Å². The maximum atomic E-state index is 12.8. The Morgan fingerprint density at radius 1 is 0.935 bits per heavy atom. The van der Waals surface area contributed by atoms with E-state index in [0.29, 0.717) is 41.4 Å². The molecule has 6 nitrogen and oxygen atoms in total. The number of benzene rings is 1. The zero-order chi connectivity index (χ0) is 21.8. The molecule has 2 heterocycles. The smallest absolute Gasteiger partial charge is 0.338 e. The summed E-state index contributed by atoms with van der Waals surface area (Å²) in [7, 11) is 4.65. The molecule has 2 aliphatic heterocycles. The number of methoxy groups -OCH3 is 3. The first-order valence-corrected chi connectivity index (χ1v) is 11.9. The highest BCUT2D eigenvalue weighted by molar-refractivity contribution is 5.91. The van der Waals surface area contributed by atoms with E-state index in [1.54, 1.807) is 33.5 Å². The van der Waals surface area contributed by atoms with Gasteiger partial charge in [-0.1, -0.05) is 32.1 Å². The standard InChI is InChI=1S/C25H37NO5/c1-28-22-13-19(14-23(29-2)24(22)30-3)25(27)31-16-18-10-7-11-26-15-20(12-21(18)26)17-8-5-4-6-9-17/h13-14,17-18,20-21H,4-12,15-16H2,1-3H3. The molecule has 0 bridgehead atoms. The second kappa shape index (κ2) is 10.1. The van der Waals surface area contributed by atoms with Gasteiger partial charge in [-0.05, 0) is 49.8 Å². The van der Waals surface area contributed by atoms with E-state index in [2.05, 4.69) is 4.90 Å². The van der Waals surface area contributed by atoms with E-state index in [9.17, 15) is 4.79 Å². The monoisotopic (exact) mass is 431 g/mol. The lowest BCUT2D eigenvalue weighted by Gasteiger charge is -2.36. The number of fused-ring (bicyclic) bond motifs is 1. The van der Waals surface area contributed by atoms with Crippen molar-refractivity contribution >= 4 is 5.97 Å². The Kier molecular flexibility index (Phi) is 7.26. The Bertz CT molecular complexity index is 735. The molecule has 3 atom stereocenters. The summed E-state index contributed by atoms with van der Waals surface area (Å²) in [6.07, 6.45) is 10.6. The molecule has 6 heteroatoms. The van der Waals surface area contributed by atoms with E-state index in [0.717, 1.165) is 18.3 Å². The molecule has 1 aromatic rings. The summed E-state index contributed by atoms with van der Waals surface area (Å²) >= 11 is 0. The number of carbonyl (C=O) groups excluding carboxylic acids is 1. The topological polar surface area (TPSA) is 57.2 Å². The SMILES string of the molecule is COc1cc(C(=O)OCC2CCCN3CC(C4CCCCC4)CC23)cc(OC)c1OC. The lowest BCUT2D eigenvalue weighted by molar-refractivity contribution is 0.0270. The van der Waals surface area contributed by atoms with E-state index in [4.69, 9.17) is 18.9 Å². The molecule has 3 fully saturated rings. The quantitative estimate of drug-likeness (QED) is 0.591. The van der Waals surface area contributed by atoms with Gasteiger partial charge in [0, 0.05) is 18.5 Å².